The van der Waals surface area contributed by atoms with E-state index in [0.717, 1.165) is 37.4 Å². The maximum atomic E-state index is 9.89. The summed E-state index contributed by atoms with van der Waals surface area (Å²) < 4.78 is 13.6. The first-order valence-corrected chi connectivity index (χ1v) is 13.7. The highest BCUT2D eigenvalue weighted by Gasteiger charge is 2.15. The maximum absolute atomic E-state index is 9.89. The zero-order chi connectivity index (χ0) is 28.3. The van der Waals surface area contributed by atoms with Gasteiger partial charge in [0, 0.05) is 41.6 Å². The van der Waals surface area contributed by atoms with Crippen molar-refractivity contribution >= 4 is 56.4 Å². The van der Waals surface area contributed by atoms with Gasteiger partial charge in [0.25, 0.3) is 0 Å². The summed E-state index contributed by atoms with van der Waals surface area (Å²) in [5.41, 5.74) is 2.53. The first-order valence-electron chi connectivity index (χ1n) is 12.6. The number of halogens is 1. The lowest BCUT2D eigenvalue weighted by Gasteiger charge is -2.15. The number of aryl methyl sites for hydroxylation is 1. The van der Waals surface area contributed by atoms with Crippen molar-refractivity contribution in [2.75, 3.05) is 19.0 Å². The normalized spacial score (nSPS) is 11.1. The predicted octanol–water partition coefficient (Wildman–Crippen LogP) is 6.22. The Morgan fingerprint density at radius 2 is 1.83 bits per heavy atom. The van der Waals surface area contributed by atoms with Crippen molar-refractivity contribution < 1.29 is 9.47 Å². The Morgan fingerprint density at radius 1 is 1.02 bits per heavy atom. The van der Waals surface area contributed by atoms with Gasteiger partial charge in [0.05, 0.1) is 47.8 Å². The Kier molecular flexibility index (Phi) is 7.33. The van der Waals surface area contributed by atoms with Crippen LogP contribution in [0.2, 0.25) is 5.02 Å². The van der Waals surface area contributed by atoms with Crippen LogP contribution in [0.3, 0.4) is 0 Å². The van der Waals surface area contributed by atoms with E-state index in [1.807, 2.05) is 60.3 Å². The number of hydrogen-bond donors (Lipinski definition) is 1. The highest BCUT2D eigenvalue weighted by Crippen LogP contribution is 2.39. The number of aromatic nitrogens is 6. The topological polar surface area (TPSA) is 116 Å². The highest BCUT2D eigenvalue weighted by atomic mass is 35.5. The molecule has 6 rings (SSSR count). The Bertz CT molecular complexity index is 1920. The molecule has 0 unspecified atom stereocenters. The molecule has 3 heterocycles. The molecule has 0 atom stereocenters. The number of methoxy groups -OCH3 is 1. The lowest BCUT2D eigenvalue weighted by atomic mass is 10.0. The quantitative estimate of drug-likeness (QED) is 0.198. The summed E-state index contributed by atoms with van der Waals surface area (Å²) in [6.07, 6.45) is 8.46. The fourth-order valence-corrected chi connectivity index (χ4v) is 5.49. The van der Waals surface area contributed by atoms with Gasteiger partial charge < -0.3 is 19.4 Å². The fraction of sp³-hybridized carbons (Fsp3) is 0.138. The Hall–Kier alpha value is -4.79. The number of nitriles is 1. The minimum atomic E-state index is 0.379. The number of rotatable bonds is 9. The van der Waals surface area contributed by atoms with Gasteiger partial charge in [0.15, 0.2) is 16.7 Å². The summed E-state index contributed by atoms with van der Waals surface area (Å²) in [6.45, 7) is 0.885. The SMILES string of the molecule is COc1cc2cc3c(Nc4ccc(Sc5nccn5C)c(Cl)c4)c(C#N)cnc3cc2cc1OCCn1nccn1. The average molecular weight is 583 g/mol. The molecule has 1 N–H and O–H groups in total. The van der Waals surface area contributed by atoms with E-state index in [1.54, 1.807) is 36.7 Å². The molecule has 3 aromatic carbocycles. The molecular weight excluding hydrogens is 560 g/mol. The van der Waals surface area contributed by atoms with Gasteiger partial charge in [0.2, 0.25) is 0 Å². The van der Waals surface area contributed by atoms with E-state index in [4.69, 9.17) is 21.1 Å². The third kappa shape index (κ3) is 5.48. The van der Waals surface area contributed by atoms with Crippen LogP contribution < -0.4 is 14.8 Å². The van der Waals surface area contributed by atoms with Crippen LogP contribution in [-0.4, -0.2) is 43.2 Å². The Balaban J connectivity index is 1.33. The number of fused-ring (bicyclic) bond motifs is 2. The van der Waals surface area contributed by atoms with Gasteiger partial charge >= 0.3 is 0 Å². The third-order valence-electron chi connectivity index (χ3n) is 6.42. The molecule has 0 bridgehead atoms. The van der Waals surface area contributed by atoms with E-state index in [1.165, 1.54) is 11.8 Å². The molecule has 3 aromatic heterocycles. The van der Waals surface area contributed by atoms with Gasteiger partial charge in [0.1, 0.15) is 12.7 Å². The van der Waals surface area contributed by atoms with Gasteiger partial charge in [-0.15, -0.1) is 0 Å². The summed E-state index contributed by atoms with van der Waals surface area (Å²) in [5, 5.41) is 25.5. The second kappa shape index (κ2) is 11.4. The zero-order valence-corrected chi connectivity index (χ0v) is 23.6. The van der Waals surface area contributed by atoms with Crippen LogP contribution in [0.1, 0.15) is 5.56 Å². The standard InChI is InChI=1S/C29H23ClN8O2S/c1-37-8-7-32-29(37)41-27-4-3-21(15-23(27)30)36-28-20(16-31)17-33-24-12-19-14-26(40-10-9-38-34-5-6-35-38)25(39-2)13-18(19)11-22(24)28/h3-8,11-15,17H,9-10H2,1-2H3,(H,33,36). The minimum absolute atomic E-state index is 0.379. The average Bonchev–Trinajstić information content (AvgIpc) is 3.65. The van der Waals surface area contributed by atoms with E-state index < -0.39 is 0 Å². The minimum Gasteiger partial charge on any atom is -0.493 e. The number of ether oxygens (including phenoxy) is 2. The molecule has 0 radical (unpaired) electrons. The lowest BCUT2D eigenvalue weighted by molar-refractivity contribution is 0.267. The molecule has 0 saturated carbocycles. The summed E-state index contributed by atoms with van der Waals surface area (Å²) >= 11 is 8.12. The molecule has 0 saturated heterocycles. The third-order valence-corrected chi connectivity index (χ3v) is 8.00. The monoisotopic (exact) mass is 582 g/mol. The van der Waals surface area contributed by atoms with Crippen molar-refractivity contribution in [3.05, 3.63) is 84.0 Å². The Labute approximate surface area is 244 Å². The molecule has 0 spiro atoms. The van der Waals surface area contributed by atoms with E-state index in [-0.39, 0.29) is 0 Å². The summed E-state index contributed by atoms with van der Waals surface area (Å²) in [6, 6.07) is 15.8. The second-order valence-corrected chi connectivity index (χ2v) is 10.5. The number of hydrogen-bond acceptors (Lipinski definition) is 9. The van der Waals surface area contributed by atoms with Crippen LogP contribution in [0.4, 0.5) is 11.4 Å². The van der Waals surface area contributed by atoms with Crippen LogP contribution >= 0.6 is 23.4 Å². The maximum Gasteiger partial charge on any atom is 0.172 e. The largest absolute Gasteiger partial charge is 0.493 e. The molecule has 0 aliphatic heterocycles. The molecular formula is C29H23ClN8O2S. The highest BCUT2D eigenvalue weighted by molar-refractivity contribution is 7.99. The van der Waals surface area contributed by atoms with Gasteiger partial charge in [-0.25, -0.2) is 4.98 Å². The molecule has 10 nitrogen and oxygen atoms in total. The van der Waals surface area contributed by atoms with Gasteiger partial charge in [-0.2, -0.15) is 20.3 Å². The number of anilines is 2. The molecule has 6 aromatic rings. The fourth-order valence-electron chi connectivity index (χ4n) is 4.39. The van der Waals surface area contributed by atoms with Crippen LogP contribution in [0.5, 0.6) is 11.5 Å². The van der Waals surface area contributed by atoms with E-state index >= 15 is 0 Å². The van der Waals surface area contributed by atoms with Crippen molar-refractivity contribution in [1.29, 1.82) is 5.26 Å². The molecule has 0 fully saturated rings. The molecule has 204 valence electrons. The summed E-state index contributed by atoms with van der Waals surface area (Å²) in [7, 11) is 3.54. The van der Waals surface area contributed by atoms with Crippen LogP contribution in [0.15, 0.2) is 83.5 Å². The van der Waals surface area contributed by atoms with E-state index in [2.05, 4.69) is 31.6 Å². The lowest BCUT2D eigenvalue weighted by Crippen LogP contribution is -2.11. The summed E-state index contributed by atoms with van der Waals surface area (Å²) in [4.78, 5) is 11.4. The van der Waals surface area contributed by atoms with Crippen molar-refractivity contribution in [2.45, 2.75) is 16.6 Å². The number of pyridine rings is 1. The second-order valence-electron chi connectivity index (χ2n) is 9.04. The molecule has 41 heavy (non-hydrogen) atoms. The molecule has 0 amide bonds. The van der Waals surface area contributed by atoms with E-state index in [9.17, 15) is 5.26 Å². The molecule has 12 heteroatoms. The van der Waals surface area contributed by atoms with Crippen molar-refractivity contribution in [3.8, 4) is 17.6 Å². The zero-order valence-electron chi connectivity index (χ0n) is 22.1. The van der Waals surface area contributed by atoms with Crippen molar-refractivity contribution in [2.24, 2.45) is 7.05 Å². The Morgan fingerprint density at radius 3 is 2.56 bits per heavy atom. The van der Waals surface area contributed by atoms with Crippen LogP contribution in [-0.2, 0) is 13.6 Å². The van der Waals surface area contributed by atoms with Gasteiger partial charge in [-0.05, 0) is 53.2 Å². The van der Waals surface area contributed by atoms with E-state index in [0.29, 0.717) is 40.9 Å². The first-order chi connectivity index (χ1) is 20.0. The smallest absolute Gasteiger partial charge is 0.172 e. The first kappa shape index (κ1) is 26.4. The van der Waals surface area contributed by atoms with Crippen molar-refractivity contribution in [1.82, 2.24) is 29.5 Å². The molecule has 0 aliphatic rings. The number of nitrogens with one attached hydrogen (secondary N) is 1. The van der Waals surface area contributed by atoms with Gasteiger partial charge in [-0.3, -0.25) is 4.98 Å². The number of nitrogens with zero attached hydrogens (tertiary/aromatic N) is 7. The number of imidazole rings is 1. The van der Waals surface area contributed by atoms with Gasteiger partial charge in [-0.1, -0.05) is 23.4 Å². The number of benzene rings is 3. The molecule has 0 aliphatic carbocycles. The van der Waals surface area contributed by atoms with Crippen LogP contribution in [0, 0.1) is 11.3 Å². The van der Waals surface area contributed by atoms with Crippen LogP contribution in [0.25, 0.3) is 21.7 Å². The van der Waals surface area contributed by atoms with Crippen molar-refractivity contribution in [3.63, 3.8) is 0 Å². The predicted molar refractivity (Wildman–Crippen MR) is 158 cm³/mol. The summed E-state index contributed by atoms with van der Waals surface area (Å²) in [5.74, 6) is 1.20.